The van der Waals surface area contributed by atoms with E-state index in [1.807, 2.05) is 24.3 Å². The van der Waals surface area contributed by atoms with Crippen molar-refractivity contribution in [3.05, 3.63) is 47.4 Å². The minimum absolute atomic E-state index is 0.115. The van der Waals surface area contributed by atoms with Crippen LogP contribution in [0.2, 0.25) is 0 Å². The summed E-state index contributed by atoms with van der Waals surface area (Å²) in [6.45, 7) is 2.04. The van der Waals surface area contributed by atoms with E-state index < -0.39 is 0 Å². The van der Waals surface area contributed by atoms with Gasteiger partial charge in [-0.25, -0.2) is 9.97 Å². The van der Waals surface area contributed by atoms with Gasteiger partial charge in [-0.3, -0.25) is 4.79 Å². The number of aliphatic hydroxyl groups is 1. The second-order valence-corrected chi connectivity index (χ2v) is 10.7. The fraction of sp³-hybridized carbons (Fsp3) is 0.577. The highest BCUT2D eigenvalue weighted by molar-refractivity contribution is 5.84. The van der Waals surface area contributed by atoms with Gasteiger partial charge in [-0.15, -0.1) is 0 Å². The molecule has 0 spiro atoms. The van der Waals surface area contributed by atoms with Gasteiger partial charge in [-0.05, 0) is 80.2 Å². The molecule has 4 aliphatic carbocycles. The van der Waals surface area contributed by atoms with Gasteiger partial charge < -0.3 is 15.3 Å². The van der Waals surface area contributed by atoms with Crippen LogP contribution in [-0.2, 0) is 13.0 Å². The maximum Gasteiger partial charge on any atom is 0.152 e. The molecule has 32 heavy (non-hydrogen) atoms. The van der Waals surface area contributed by atoms with Gasteiger partial charge >= 0.3 is 0 Å². The summed E-state index contributed by atoms with van der Waals surface area (Å²) < 4.78 is 0. The Balaban J connectivity index is 1.16. The lowest BCUT2D eigenvalue weighted by Crippen LogP contribution is -2.53. The first kappa shape index (κ1) is 20.2. The number of carbonyl (C=O) groups is 1. The topological polar surface area (TPSA) is 78.4 Å². The van der Waals surface area contributed by atoms with Crippen LogP contribution >= 0.6 is 0 Å². The molecular weight excluding hydrogens is 400 g/mol. The van der Waals surface area contributed by atoms with Crippen LogP contribution in [0.4, 0.5) is 11.5 Å². The number of carbonyl (C=O) groups excluding carboxylic acids is 1. The van der Waals surface area contributed by atoms with Crippen molar-refractivity contribution in [2.45, 2.75) is 57.6 Å². The summed E-state index contributed by atoms with van der Waals surface area (Å²) in [5.74, 6) is 3.37. The molecule has 0 amide bonds. The van der Waals surface area contributed by atoms with E-state index in [-0.39, 0.29) is 11.5 Å². The normalized spacial score (nSPS) is 31.3. The van der Waals surface area contributed by atoms with Crippen molar-refractivity contribution in [1.29, 1.82) is 0 Å². The number of benzene rings is 1. The lowest BCUT2D eigenvalue weighted by atomic mass is 9.48. The molecule has 4 fully saturated rings. The molecule has 2 heterocycles. The molecular formula is C26H32N4O2. The van der Waals surface area contributed by atoms with Crippen molar-refractivity contribution in [1.82, 2.24) is 9.97 Å². The van der Waals surface area contributed by atoms with Crippen molar-refractivity contribution < 1.29 is 9.90 Å². The van der Waals surface area contributed by atoms with Crippen LogP contribution < -0.4 is 10.2 Å². The first-order valence-electron chi connectivity index (χ1n) is 12.2. The number of anilines is 2. The van der Waals surface area contributed by atoms with Crippen LogP contribution in [-0.4, -0.2) is 40.6 Å². The van der Waals surface area contributed by atoms with Crippen LogP contribution in [0.1, 0.15) is 60.1 Å². The zero-order valence-corrected chi connectivity index (χ0v) is 18.5. The third kappa shape index (κ3) is 3.40. The average molecular weight is 433 g/mol. The standard InChI is InChI=1S/C26H32N4O2/c31-15-20-3-1-2-4-23(20)30-6-5-21-22(14-30)28-16-29-25(21)27-13-24(32)26-10-17-7-18(11-26)9-19(8-17)12-26/h1-4,15-19,24,32H,5-14H2,(H,27,28,29). The molecule has 0 radical (unpaired) electrons. The largest absolute Gasteiger partial charge is 0.391 e. The predicted octanol–water partition coefficient (Wildman–Crippen LogP) is 3.84. The van der Waals surface area contributed by atoms with Crippen LogP contribution in [0.3, 0.4) is 0 Å². The van der Waals surface area contributed by atoms with Gasteiger partial charge in [-0.2, -0.15) is 0 Å². The molecule has 1 unspecified atom stereocenters. The minimum Gasteiger partial charge on any atom is -0.391 e. The Morgan fingerprint density at radius 1 is 1.12 bits per heavy atom. The Morgan fingerprint density at radius 2 is 1.84 bits per heavy atom. The highest BCUT2D eigenvalue weighted by Crippen LogP contribution is 2.61. The number of hydrogen-bond donors (Lipinski definition) is 2. The highest BCUT2D eigenvalue weighted by Gasteiger charge is 2.53. The third-order valence-electron chi connectivity index (χ3n) is 8.67. The lowest BCUT2D eigenvalue weighted by Gasteiger charge is -2.58. The quantitative estimate of drug-likeness (QED) is 0.676. The molecule has 1 aromatic heterocycles. The van der Waals surface area contributed by atoms with Crippen molar-refractivity contribution in [2.75, 3.05) is 23.3 Å². The summed E-state index contributed by atoms with van der Waals surface area (Å²) in [4.78, 5) is 22.8. The van der Waals surface area contributed by atoms with E-state index in [1.165, 1.54) is 38.5 Å². The molecule has 2 aromatic rings. The van der Waals surface area contributed by atoms with Crippen LogP contribution in [0.25, 0.3) is 0 Å². The highest BCUT2D eigenvalue weighted by atomic mass is 16.3. The van der Waals surface area contributed by atoms with Gasteiger partial charge in [0.1, 0.15) is 12.1 Å². The molecule has 1 aliphatic heterocycles. The Hall–Kier alpha value is -2.47. The number of para-hydroxylation sites is 1. The molecule has 4 saturated carbocycles. The monoisotopic (exact) mass is 432 g/mol. The van der Waals surface area contributed by atoms with Crippen LogP contribution in [0, 0.1) is 23.2 Å². The summed E-state index contributed by atoms with van der Waals surface area (Å²) in [5.41, 5.74) is 3.92. The maximum absolute atomic E-state index is 11.5. The summed E-state index contributed by atoms with van der Waals surface area (Å²) in [5, 5.41) is 14.8. The number of aliphatic hydroxyl groups excluding tert-OH is 1. The van der Waals surface area contributed by atoms with Crippen LogP contribution in [0.5, 0.6) is 0 Å². The molecule has 6 nitrogen and oxygen atoms in total. The summed E-state index contributed by atoms with van der Waals surface area (Å²) >= 11 is 0. The van der Waals surface area contributed by atoms with Crippen LogP contribution in [0.15, 0.2) is 30.6 Å². The molecule has 2 N–H and O–H groups in total. The van der Waals surface area contributed by atoms with E-state index in [0.29, 0.717) is 18.7 Å². The molecule has 7 rings (SSSR count). The van der Waals surface area contributed by atoms with Crippen molar-refractivity contribution in [3.63, 3.8) is 0 Å². The van der Waals surface area contributed by atoms with Crippen molar-refractivity contribution >= 4 is 17.8 Å². The Kier molecular flexibility index (Phi) is 4.94. The molecule has 4 bridgehead atoms. The number of nitrogens with zero attached hydrogens (tertiary/aromatic N) is 3. The van der Waals surface area contributed by atoms with Gasteiger partial charge in [0.25, 0.3) is 0 Å². The molecule has 1 aromatic carbocycles. The smallest absolute Gasteiger partial charge is 0.152 e. The molecule has 0 saturated heterocycles. The summed E-state index contributed by atoms with van der Waals surface area (Å²) in [6.07, 6.45) is 10.8. The molecule has 5 aliphatic rings. The summed E-state index contributed by atoms with van der Waals surface area (Å²) in [7, 11) is 0. The molecule has 168 valence electrons. The number of aromatic nitrogens is 2. The minimum atomic E-state index is -0.318. The zero-order valence-electron chi connectivity index (χ0n) is 18.5. The Bertz CT molecular complexity index is 987. The van der Waals surface area contributed by atoms with Gasteiger partial charge in [-0.1, -0.05) is 12.1 Å². The molecule has 6 heteroatoms. The van der Waals surface area contributed by atoms with E-state index in [1.54, 1.807) is 6.33 Å². The lowest BCUT2D eigenvalue weighted by molar-refractivity contribution is -0.115. The number of rotatable bonds is 6. The average Bonchev–Trinajstić information content (AvgIpc) is 2.81. The fourth-order valence-corrected chi connectivity index (χ4v) is 7.58. The number of aldehydes is 1. The van der Waals surface area contributed by atoms with E-state index in [0.717, 1.165) is 59.8 Å². The van der Waals surface area contributed by atoms with Gasteiger partial charge in [0.15, 0.2) is 6.29 Å². The zero-order chi connectivity index (χ0) is 21.7. The third-order valence-corrected chi connectivity index (χ3v) is 8.67. The second-order valence-electron chi connectivity index (χ2n) is 10.7. The first-order chi connectivity index (χ1) is 15.6. The van der Waals surface area contributed by atoms with E-state index >= 15 is 0 Å². The first-order valence-corrected chi connectivity index (χ1v) is 12.2. The van der Waals surface area contributed by atoms with Gasteiger partial charge in [0.05, 0.1) is 18.3 Å². The second kappa shape index (κ2) is 7.84. The Labute approximate surface area is 189 Å². The van der Waals surface area contributed by atoms with Crippen molar-refractivity contribution in [3.8, 4) is 0 Å². The van der Waals surface area contributed by atoms with E-state index in [4.69, 9.17) is 0 Å². The Morgan fingerprint density at radius 3 is 2.56 bits per heavy atom. The van der Waals surface area contributed by atoms with E-state index in [2.05, 4.69) is 20.2 Å². The SMILES string of the molecule is O=Cc1ccccc1N1CCc2c(ncnc2NCC(O)C23CC4CC(CC(C4)C2)C3)C1. The van der Waals surface area contributed by atoms with Gasteiger partial charge in [0, 0.05) is 29.9 Å². The maximum atomic E-state index is 11.5. The number of fused-ring (bicyclic) bond motifs is 1. The predicted molar refractivity (Wildman–Crippen MR) is 124 cm³/mol. The number of hydrogen-bond acceptors (Lipinski definition) is 6. The van der Waals surface area contributed by atoms with Gasteiger partial charge in [0.2, 0.25) is 0 Å². The number of nitrogens with one attached hydrogen (secondary N) is 1. The van der Waals surface area contributed by atoms with Crippen molar-refractivity contribution in [2.24, 2.45) is 23.2 Å². The fourth-order valence-electron chi connectivity index (χ4n) is 7.58. The molecule has 1 atom stereocenters. The summed E-state index contributed by atoms with van der Waals surface area (Å²) in [6, 6.07) is 7.72. The van der Waals surface area contributed by atoms with E-state index in [9.17, 15) is 9.90 Å².